The van der Waals surface area contributed by atoms with Crippen molar-refractivity contribution < 1.29 is 4.74 Å². The van der Waals surface area contributed by atoms with Gasteiger partial charge in [0.25, 0.3) is 0 Å². The lowest BCUT2D eigenvalue weighted by Gasteiger charge is -2.16. The number of nitrogens with zero attached hydrogens (tertiary/aromatic N) is 2. The summed E-state index contributed by atoms with van der Waals surface area (Å²) in [4.78, 5) is 8.39. The van der Waals surface area contributed by atoms with Crippen LogP contribution in [-0.2, 0) is 11.3 Å². The summed E-state index contributed by atoms with van der Waals surface area (Å²) >= 11 is 1.79. The third kappa shape index (κ3) is 5.04. The van der Waals surface area contributed by atoms with Gasteiger partial charge in [-0.05, 0) is 33.2 Å². The molecule has 4 nitrogen and oxygen atoms in total. The molecule has 0 radical (unpaired) electrons. The van der Waals surface area contributed by atoms with Crippen LogP contribution in [0.5, 0.6) is 0 Å². The second-order valence-corrected chi connectivity index (χ2v) is 6.55. The van der Waals surface area contributed by atoms with Gasteiger partial charge in [-0.15, -0.1) is 11.3 Å². The van der Waals surface area contributed by atoms with Crippen molar-refractivity contribution >= 4 is 16.5 Å². The number of aromatic nitrogens is 1. The molecule has 20 heavy (non-hydrogen) atoms. The zero-order chi connectivity index (χ0) is 15.1. The summed E-state index contributed by atoms with van der Waals surface area (Å²) in [5.41, 5.74) is 1.25. The minimum atomic E-state index is 0.287. The quantitative estimate of drug-likeness (QED) is 0.759. The fourth-order valence-corrected chi connectivity index (χ4v) is 3.08. The lowest BCUT2D eigenvalue weighted by atomic mass is 10.0. The Hall–Kier alpha value is -0.650. The van der Waals surface area contributed by atoms with Gasteiger partial charge in [0.1, 0.15) is 0 Å². The molecule has 1 heterocycles. The standard InChI is InChI=1S/C15H29N3OS/c1-7-12(4)14-13(10-16-5)20-15(17-14)18(6)8-9-19-11(2)3/h11-12,16H,7-10H2,1-6H3. The highest BCUT2D eigenvalue weighted by atomic mass is 32.1. The second kappa shape index (κ2) is 8.60. The van der Waals surface area contributed by atoms with E-state index in [1.807, 2.05) is 7.05 Å². The Morgan fingerprint density at radius 2 is 2.05 bits per heavy atom. The average Bonchev–Trinajstić information content (AvgIpc) is 2.82. The molecule has 0 spiro atoms. The maximum Gasteiger partial charge on any atom is 0.185 e. The maximum atomic E-state index is 5.61. The Bertz CT molecular complexity index is 392. The lowest BCUT2D eigenvalue weighted by molar-refractivity contribution is 0.0846. The Kier molecular flexibility index (Phi) is 7.48. The highest BCUT2D eigenvalue weighted by molar-refractivity contribution is 7.15. The minimum Gasteiger partial charge on any atom is -0.377 e. The fourth-order valence-electron chi connectivity index (χ4n) is 1.90. The van der Waals surface area contributed by atoms with E-state index in [2.05, 4.69) is 45.0 Å². The van der Waals surface area contributed by atoms with Crippen LogP contribution in [0.4, 0.5) is 5.13 Å². The average molecular weight is 299 g/mol. The highest BCUT2D eigenvalue weighted by Crippen LogP contribution is 2.31. The lowest BCUT2D eigenvalue weighted by Crippen LogP contribution is -2.23. The fraction of sp³-hybridized carbons (Fsp3) is 0.800. The number of rotatable bonds is 9. The van der Waals surface area contributed by atoms with Gasteiger partial charge in [-0.25, -0.2) is 4.98 Å². The molecular formula is C15H29N3OS. The maximum absolute atomic E-state index is 5.61. The van der Waals surface area contributed by atoms with Crippen molar-refractivity contribution in [3.05, 3.63) is 10.6 Å². The van der Waals surface area contributed by atoms with E-state index in [-0.39, 0.29) is 6.10 Å². The van der Waals surface area contributed by atoms with Crippen LogP contribution in [0, 0.1) is 0 Å². The zero-order valence-electron chi connectivity index (χ0n) is 13.7. The molecule has 116 valence electrons. The van der Waals surface area contributed by atoms with E-state index in [1.54, 1.807) is 11.3 Å². The molecule has 0 saturated carbocycles. The molecule has 1 N–H and O–H groups in total. The smallest absolute Gasteiger partial charge is 0.185 e. The first-order valence-electron chi connectivity index (χ1n) is 7.46. The van der Waals surface area contributed by atoms with Crippen LogP contribution in [0.3, 0.4) is 0 Å². The molecule has 5 heteroatoms. The molecule has 1 aromatic heterocycles. The first-order valence-corrected chi connectivity index (χ1v) is 8.28. The van der Waals surface area contributed by atoms with Gasteiger partial charge < -0.3 is 15.0 Å². The van der Waals surface area contributed by atoms with E-state index in [0.29, 0.717) is 5.92 Å². The summed E-state index contributed by atoms with van der Waals surface area (Å²) in [6.07, 6.45) is 1.41. The van der Waals surface area contributed by atoms with Crippen LogP contribution >= 0.6 is 11.3 Å². The molecule has 1 aromatic rings. The van der Waals surface area contributed by atoms with E-state index in [9.17, 15) is 0 Å². The Morgan fingerprint density at radius 1 is 1.35 bits per heavy atom. The van der Waals surface area contributed by atoms with Crippen molar-refractivity contribution in [1.29, 1.82) is 0 Å². The molecule has 0 saturated heterocycles. The van der Waals surface area contributed by atoms with E-state index in [4.69, 9.17) is 9.72 Å². The van der Waals surface area contributed by atoms with Crippen molar-refractivity contribution in [2.45, 2.75) is 52.7 Å². The summed E-state index contributed by atoms with van der Waals surface area (Å²) in [5.74, 6) is 0.517. The molecule has 1 unspecified atom stereocenters. The molecule has 0 fully saturated rings. The van der Waals surface area contributed by atoms with Crippen molar-refractivity contribution in [3.8, 4) is 0 Å². The number of likely N-dealkylation sites (N-methyl/N-ethyl adjacent to an activating group) is 1. The first-order chi connectivity index (χ1) is 9.49. The molecule has 0 bridgehead atoms. The van der Waals surface area contributed by atoms with E-state index < -0.39 is 0 Å². The number of hydrogen-bond acceptors (Lipinski definition) is 5. The Balaban J connectivity index is 2.74. The molecular weight excluding hydrogens is 270 g/mol. The van der Waals surface area contributed by atoms with Crippen LogP contribution in [-0.4, -0.2) is 38.3 Å². The molecule has 0 aromatic carbocycles. The summed E-state index contributed by atoms with van der Waals surface area (Å²) < 4.78 is 5.61. The number of hydrogen-bond donors (Lipinski definition) is 1. The van der Waals surface area contributed by atoms with Gasteiger partial charge >= 0.3 is 0 Å². The molecule has 0 aliphatic heterocycles. The van der Waals surface area contributed by atoms with Gasteiger partial charge in [-0.2, -0.15) is 0 Å². The van der Waals surface area contributed by atoms with Gasteiger partial charge in [-0.3, -0.25) is 0 Å². The summed E-state index contributed by atoms with van der Waals surface area (Å²) in [7, 11) is 4.08. The van der Waals surface area contributed by atoms with Crippen LogP contribution < -0.4 is 10.2 Å². The van der Waals surface area contributed by atoms with Crippen LogP contribution in [0.15, 0.2) is 0 Å². The van der Waals surface area contributed by atoms with Gasteiger partial charge in [0.05, 0.1) is 18.4 Å². The van der Waals surface area contributed by atoms with Crippen LogP contribution in [0.1, 0.15) is 50.6 Å². The van der Waals surface area contributed by atoms with Crippen molar-refractivity contribution in [2.75, 3.05) is 32.1 Å². The third-order valence-electron chi connectivity index (χ3n) is 3.34. The number of thiazole rings is 1. The number of ether oxygens (including phenoxy) is 1. The second-order valence-electron chi connectivity index (χ2n) is 5.49. The summed E-state index contributed by atoms with van der Waals surface area (Å²) in [5, 5.41) is 4.34. The molecule has 0 aliphatic carbocycles. The number of nitrogens with one attached hydrogen (secondary N) is 1. The SMILES string of the molecule is CCC(C)c1nc(N(C)CCOC(C)C)sc1CNC. The van der Waals surface area contributed by atoms with Crippen LogP contribution in [0.25, 0.3) is 0 Å². The highest BCUT2D eigenvalue weighted by Gasteiger charge is 2.17. The van der Waals surface area contributed by atoms with Gasteiger partial charge in [-0.1, -0.05) is 13.8 Å². The Labute approximate surface area is 127 Å². The van der Waals surface area contributed by atoms with Crippen molar-refractivity contribution in [3.63, 3.8) is 0 Å². The first kappa shape index (κ1) is 17.4. The zero-order valence-corrected chi connectivity index (χ0v) is 14.5. The van der Waals surface area contributed by atoms with Crippen molar-refractivity contribution in [2.24, 2.45) is 0 Å². The summed E-state index contributed by atoms with van der Waals surface area (Å²) in [6, 6.07) is 0. The Morgan fingerprint density at radius 3 is 2.60 bits per heavy atom. The van der Waals surface area contributed by atoms with Crippen LogP contribution in [0.2, 0.25) is 0 Å². The van der Waals surface area contributed by atoms with E-state index >= 15 is 0 Å². The van der Waals surface area contributed by atoms with Gasteiger partial charge in [0.15, 0.2) is 5.13 Å². The number of anilines is 1. The van der Waals surface area contributed by atoms with Crippen molar-refractivity contribution in [1.82, 2.24) is 10.3 Å². The predicted octanol–water partition coefficient (Wildman–Crippen LogP) is 3.24. The summed E-state index contributed by atoms with van der Waals surface area (Å²) in [6.45, 7) is 11.1. The van der Waals surface area contributed by atoms with Gasteiger partial charge in [0, 0.05) is 25.0 Å². The van der Waals surface area contributed by atoms with Gasteiger partial charge in [0.2, 0.25) is 0 Å². The van der Waals surface area contributed by atoms with E-state index in [1.165, 1.54) is 10.6 Å². The predicted molar refractivity (Wildman–Crippen MR) is 87.9 cm³/mol. The molecule has 1 atom stereocenters. The monoisotopic (exact) mass is 299 g/mol. The molecule has 1 rings (SSSR count). The molecule has 0 amide bonds. The largest absolute Gasteiger partial charge is 0.377 e. The third-order valence-corrected chi connectivity index (χ3v) is 4.52. The normalized spacial score (nSPS) is 12.9. The molecule has 0 aliphatic rings. The topological polar surface area (TPSA) is 37.4 Å². The minimum absolute atomic E-state index is 0.287. The van der Waals surface area contributed by atoms with E-state index in [0.717, 1.165) is 31.2 Å².